The monoisotopic (exact) mass is 1950 g/mol. The zero-order chi connectivity index (χ0) is 101. The second kappa shape index (κ2) is 66.1. The number of hydrogen-bond donors (Lipinski definition) is 11. The largest absolute Gasteiger partial charge is 0.463 e. The Hall–Kier alpha value is -10.5. The molecule has 48 heteroatoms. The van der Waals surface area contributed by atoms with Crippen molar-refractivity contribution in [3.05, 3.63) is 0 Å². The molecule has 0 bridgehead atoms. The van der Waals surface area contributed by atoms with Crippen LogP contribution in [-0.4, -0.2) is 340 Å². The second-order valence-corrected chi connectivity index (χ2v) is 32.8. The van der Waals surface area contributed by atoms with Crippen molar-refractivity contribution in [2.45, 2.75) is 328 Å². The molecule has 11 N–H and O–H groups in total. The van der Waals surface area contributed by atoms with Gasteiger partial charge in [0.15, 0.2) is 55.5 Å². The summed E-state index contributed by atoms with van der Waals surface area (Å²) >= 11 is 0. The first-order valence-corrected chi connectivity index (χ1v) is 46.1. The fourth-order valence-electron chi connectivity index (χ4n) is 15.0. The first kappa shape index (κ1) is 118. The molecule has 17 atom stereocenters. The van der Waals surface area contributed by atoms with Gasteiger partial charge in [0, 0.05) is 200 Å². The Kier molecular flexibility index (Phi) is 57.3. The molecule has 0 aromatic rings. The summed E-state index contributed by atoms with van der Waals surface area (Å²) in [6.07, 6.45) is -12.5. The number of carbonyl (C=O) groups is 19. The lowest BCUT2D eigenvalue weighted by atomic mass is 9.82. The van der Waals surface area contributed by atoms with Crippen molar-refractivity contribution in [1.82, 2.24) is 53.2 Å². The first-order valence-electron chi connectivity index (χ1n) is 46.1. The molecular weight excluding hydrogens is 1800 g/mol. The number of aliphatic hydroxyl groups excluding tert-OH is 1. The Morgan fingerprint density at radius 3 is 0.801 bits per heavy atom. The number of amides is 10. The van der Waals surface area contributed by atoms with Gasteiger partial charge in [0.2, 0.25) is 59.1 Å². The molecule has 0 radical (unpaired) electrons. The van der Waals surface area contributed by atoms with E-state index in [1.54, 1.807) is 0 Å². The Morgan fingerprint density at radius 1 is 0.265 bits per heavy atom. The van der Waals surface area contributed by atoms with Crippen LogP contribution in [0.15, 0.2) is 0 Å². The Bertz CT molecular complexity index is 3670. The standard InChI is InChI=1S/C88H142N10O38/c1-51(100)96-75-82(131-60(10)109)79(128-57(7)106)66(48-125-54(4)103)134-86(75)122-40-20-15-26-69(112)89-33-23-36-92-72(115)29-43-119-64-46-63(85(118)95-32-18-13-14-19-39-99)47-65(120-44-30-73(116)93-37-24-34-90-70(113)27-16-21-41-123-87-76(97-52(2)101)83(132-61(11)110)80(129-58(8)107)67(135-87)49-126-55(5)104)78(64)121-45-31-74(117)94-38-25-35-91-71(114)28-17-22-42-124-88-77(98-53(3)102)84(133-62(12)111)81(130-59(9)108)68(136-88)50-127-56(6)105/h63-68,75-84,86-88,99H,13-50H2,1-12H3,(H,89,112)(H,90,113)(H,91,114)(H,92,115)(H,93,116)(H,94,117)(H,95,118)(H,96,100)(H,97,101)(H,98,102)/t63?,64-,65-,66-,67-,68-,75-,76-,77-,78?,79+,80+,81+,82-,83-,84-,86-,87-,88-/m1/s1. The zero-order valence-corrected chi connectivity index (χ0v) is 79.9. The minimum Gasteiger partial charge on any atom is -0.463 e. The highest BCUT2D eigenvalue weighted by Gasteiger charge is 2.55. The van der Waals surface area contributed by atoms with E-state index in [1.165, 1.54) is 20.8 Å². The maximum atomic E-state index is 14.1. The van der Waals surface area contributed by atoms with E-state index in [4.69, 9.17) is 85.3 Å². The van der Waals surface area contributed by atoms with Crippen LogP contribution in [0, 0.1) is 5.92 Å². The van der Waals surface area contributed by atoms with Crippen LogP contribution in [0.2, 0.25) is 0 Å². The van der Waals surface area contributed by atoms with Gasteiger partial charge in [-0.2, -0.15) is 0 Å². The van der Waals surface area contributed by atoms with Gasteiger partial charge in [0.05, 0.1) is 32.0 Å². The van der Waals surface area contributed by atoms with Crippen LogP contribution in [0.3, 0.4) is 0 Å². The highest BCUT2D eigenvalue weighted by Crippen LogP contribution is 2.35. The van der Waals surface area contributed by atoms with Crippen molar-refractivity contribution in [1.29, 1.82) is 0 Å². The van der Waals surface area contributed by atoms with Crippen LogP contribution in [0.5, 0.6) is 0 Å². The molecule has 0 aromatic heterocycles. The average molecular weight is 1950 g/mol. The summed E-state index contributed by atoms with van der Waals surface area (Å²) in [7, 11) is 0. The third-order valence-electron chi connectivity index (χ3n) is 20.9. The Labute approximate surface area is 790 Å². The predicted octanol–water partition coefficient (Wildman–Crippen LogP) is -1.21. The number of carbonyl (C=O) groups excluding carboxylic acids is 19. The summed E-state index contributed by atoms with van der Waals surface area (Å²) in [6, 6.07) is -3.52. The van der Waals surface area contributed by atoms with E-state index in [0.717, 1.165) is 75.2 Å². The molecular formula is C88H142N10O38. The molecule has 0 unspecified atom stereocenters. The Balaban J connectivity index is 1.36. The molecule has 1 saturated carbocycles. The number of hydrogen-bond acceptors (Lipinski definition) is 38. The van der Waals surface area contributed by atoms with E-state index < -0.39 is 225 Å². The fraction of sp³-hybridized carbons (Fsp3) is 0.784. The van der Waals surface area contributed by atoms with E-state index in [2.05, 4.69) is 53.2 Å². The lowest BCUT2D eigenvalue weighted by Gasteiger charge is -2.44. The number of aliphatic hydroxyl groups is 1. The zero-order valence-electron chi connectivity index (χ0n) is 79.9. The smallest absolute Gasteiger partial charge is 0.303 e. The number of esters is 9. The molecule has 3 saturated heterocycles. The van der Waals surface area contributed by atoms with Crippen LogP contribution in [0.4, 0.5) is 0 Å². The summed E-state index contributed by atoms with van der Waals surface area (Å²) in [5.74, 6) is -11.5. The van der Waals surface area contributed by atoms with Crippen LogP contribution in [0.25, 0.3) is 0 Å². The lowest BCUT2D eigenvalue weighted by molar-refractivity contribution is -0.277. The summed E-state index contributed by atoms with van der Waals surface area (Å²) < 4.78 is 104. The van der Waals surface area contributed by atoms with Crippen LogP contribution in [-0.2, 0) is 176 Å². The number of rotatable bonds is 64. The molecule has 3 heterocycles. The van der Waals surface area contributed by atoms with Gasteiger partial charge in [-0.1, -0.05) is 12.8 Å². The van der Waals surface area contributed by atoms with E-state index >= 15 is 0 Å². The van der Waals surface area contributed by atoms with Gasteiger partial charge >= 0.3 is 53.7 Å². The molecule has 48 nitrogen and oxygen atoms in total. The van der Waals surface area contributed by atoms with Crippen LogP contribution < -0.4 is 53.2 Å². The number of nitrogens with one attached hydrogen (secondary N) is 10. The quantitative estimate of drug-likeness (QED) is 0.0193. The fourth-order valence-corrected chi connectivity index (χ4v) is 15.0. The Morgan fingerprint density at radius 2 is 0.529 bits per heavy atom. The molecule has 136 heavy (non-hydrogen) atoms. The van der Waals surface area contributed by atoms with E-state index in [0.29, 0.717) is 77.2 Å². The summed E-state index contributed by atoms with van der Waals surface area (Å²) in [6.45, 7) is 13.3. The topological polar surface area (TPSA) is 631 Å². The molecule has 1 aliphatic carbocycles. The third kappa shape index (κ3) is 49.0. The van der Waals surface area contributed by atoms with Gasteiger partial charge in [-0.3, -0.25) is 91.1 Å². The SMILES string of the molecule is CC(=O)N[C@H]1[C@H](OCCCCC(=O)NCCCNC(=O)CCOC2[C@H](OCCC(=O)NCCCNC(=O)CCCCO[C@@H]3O[C@H](COC(C)=O)[C@H](OC(C)=O)[C@H](OC(C)=O)[C@H]3NC(C)=O)CC(C(=O)NCCCCCCO)C[C@H]2OCCC(=O)NCCCNC(=O)CCCCO[C@@H]2O[C@H](COC(C)=O)[C@H](OC(C)=O)[C@H](OC(C)=O)[C@H]2NC(C)=O)O[C@H](COC(C)=O)[C@H](OC(C)=O)[C@@H]1OC(C)=O. The van der Waals surface area contributed by atoms with Gasteiger partial charge in [0.25, 0.3) is 0 Å². The summed E-state index contributed by atoms with van der Waals surface area (Å²) in [5, 5.41) is 37.0. The normalized spacial score (nSPS) is 23.9. The predicted molar refractivity (Wildman–Crippen MR) is 468 cm³/mol. The summed E-state index contributed by atoms with van der Waals surface area (Å²) in [4.78, 5) is 239. The van der Waals surface area contributed by atoms with Crippen molar-refractivity contribution in [2.24, 2.45) is 5.92 Å². The third-order valence-corrected chi connectivity index (χ3v) is 20.9. The highest BCUT2D eigenvalue weighted by molar-refractivity contribution is 5.81. The molecule has 4 aliphatic rings. The minimum absolute atomic E-state index is 0.0144. The molecule has 0 aromatic carbocycles. The van der Waals surface area contributed by atoms with Gasteiger partial charge in [-0.05, 0) is 83.5 Å². The van der Waals surface area contributed by atoms with Crippen molar-refractivity contribution in [2.75, 3.05) is 112 Å². The van der Waals surface area contributed by atoms with Gasteiger partial charge in [-0.15, -0.1) is 0 Å². The van der Waals surface area contributed by atoms with Gasteiger partial charge in [-0.25, -0.2) is 0 Å². The molecule has 772 valence electrons. The van der Waals surface area contributed by atoms with Crippen LogP contribution in [0.1, 0.15) is 218 Å². The van der Waals surface area contributed by atoms with Crippen LogP contribution >= 0.6 is 0 Å². The van der Waals surface area contributed by atoms with Crippen molar-refractivity contribution < 1.29 is 181 Å². The minimum atomic E-state index is -1.32. The summed E-state index contributed by atoms with van der Waals surface area (Å²) in [5.41, 5.74) is 0. The molecule has 4 rings (SSSR count). The highest BCUT2D eigenvalue weighted by atomic mass is 16.7. The molecule has 3 aliphatic heterocycles. The maximum absolute atomic E-state index is 14.1. The molecule has 0 spiro atoms. The first-order chi connectivity index (χ1) is 64.7. The number of ether oxygens (including phenoxy) is 18. The van der Waals surface area contributed by atoms with Crippen molar-refractivity contribution in [3.8, 4) is 0 Å². The maximum Gasteiger partial charge on any atom is 0.303 e. The van der Waals surface area contributed by atoms with E-state index in [-0.39, 0.29) is 161 Å². The van der Waals surface area contributed by atoms with E-state index in [1.807, 2.05) is 0 Å². The molecule has 10 amide bonds. The number of unbranched alkanes of at least 4 members (excludes halogenated alkanes) is 6. The van der Waals surface area contributed by atoms with Crippen molar-refractivity contribution >= 4 is 113 Å². The average Bonchev–Trinajstić information content (AvgIpc) is 0.792. The lowest BCUT2D eigenvalue weighted by Crippen LogP contribution is -2.66. The molecule has 4 fully saturated rings. The van der Waals surface area contributed by atoms with E-state index in [9.17, 15) is 96.2 Å². The second-order valence-electron chi connectivity index (χ2n) is 32.8. The van der Waals surface area contributed by atoms with Gasteiger partial charge in [0.1, 0.15) is 62.4 Å². The van der Waals surface area contributed by atoms with Gasteiger partial charge < -0.3 is 144 Å². The van der Waals surface area contributed by atoms with Crippen molar-refractivity contribution in [3.63, 3.8) is 0 Å².